The van der Waals surface area contributed by atoms with Gasteiger partial charge in [0.2, 0.25) is 0 Å². The smallest absolute Gasteiger partial charge is 0.332 e. The summed E-state index contributed by atoms with van der Waals surface area (Å²) in [7, 11) is 0. The van der Waals surface area contributed by atoms with Crippen molar-refractivity contribution in [3.05, 3.63) is 41.0 Å². The highest BCUT2D eigenvalue weighted by molar-refractivity contribution is 5.93. The van der Waals surface area contributed by atoms with Gasteiger partial charge in [0.15, 0.2) is 0 Å². The largest absolute Gasteiger partial charge is 0.481 e. The maximum atomic E-state index is 11.8. The predicted octanol–water partition coefficient (Wildman–Crippen LogP) is 2.17. The minimum atomic E-state index is -1.35. The molecule has 0 saturated heterocycles. The summed E-state index contributed by atoms with van der Waals surface area (Å²) in [6, 6.07) is 6.86. The summed E-state index contributed by atoms with van der Waals surface area (Å²) in [4.78, 5) is 33.4. The molecule has 0 aliphatic rings. The monoisotopic (exact) mass is 292 g/mol. The Hall–Kier alpha value is -2.63. The Kier molecular flexibility index (Phi) is 5.66. The Morgan fingerprint density at radius 1 is 1.14 bits per heavy atom. The van der Waals surface area contributed by atoms with Crippen molar-refractivity contribution in [2.45, 2.75) is 26.7 Å². The van der Waals surface area contributed by atoms with Crippen molar-refractivity contribution in [1.82, 2.24) is 0 Å². The second kappa shape index (κ2) is 7.23. The fourth-order valence-corrected chi connectivity index (χ4v) is 1.73. The van der Waals surface area contributed by atoms with Crippen LogP contribution >= 0.6 is 0 Å². The third-order valence-electron chi connectivity index (χ3n) is 2.73. The maximum absolute atomic E-state index is 11.8. The van der Waals surface area contributed by atoms with Gasteiger partial charge in [0.25, 0.3) is 0 Å². The molecule has 0 unspecified atom stereocenters. The molecule has 0 spiro atoms. The third-order valence-corrected chi connectivity index (χ3v) is 2.73. The summed E-state index contributed by atoms with van der Waals surface area (Å²) >= 11 is 0. The van der Waals surface area contributed by atoms with Gasteiger partial charge in [-0.25, -0.2) is 4.79 Å². The number of ether oxygens (including phenoxy) is 1. The highest BCUT2D eigenvalue weighted by atomic mass is 16.5. The molecule has 0 radical (unpaired) electrons. The summed E-state index contributed by atoms with van der Waals surface area (Å²) in [6.07, 6.45) is -0.915. The van der Waals surface area contributed by atoms with E-state index >= 15 is 0 Å². The average molecular weight is 292 g/mol. The van der Waals surface area contributed by atoms with E-state index in [0.29, 0.717) is 5.75 Å². The van der Waals surface area contributed by atoms with Crippen LogP contribution in [0, 0.1) is 6.92 Å². The van der Waals surface area contributed by atoms with Gasteiger partial charge in [-0.1, -0.05) is 17.7 Å². The van der Waals surface area contributed by atoms with Gasteiger partial charge in [-0.3, -0.25) is 9.59 Å². The molecule has 0 heterocycles. The van der Waals surface area contributed by atoms with Crippen molar-refractivity contribution in [3.8, 4) is 5.75 Å². The molecule has 0 amide bonds. The predicted molar refractivity (Wildman–Crippen MR) is 74.0 cm³/mol. The van der Waals surface area contributed by atoms with Crippen LogP contribution in [0.4, 0.5) is 0 Å². The molecule has 1 rings (SSSR count). The van der Waals surface area contributed by atoms with Gasteiger partial charge >= 0.3 is 17.9 Å². The van der Waals surface area contributed by atoms with E-state index in [0.717, 1.165) is 5.56 Å². The molecule has 0 fully saturated rings. The lowest BCUT2D eigenvalue weighted by Crippen LogP contribution is -2.13. The van der Waals surface area contributed by atoms with E-state index in [1.165, 1.54) is 6.92 Å². The Bertz CT molecular complexity index is 600. The first-order valence-electron chi connectivity index (χ1n) is 6.20. The molecule has 6 nitrogen and oxygen atoms in total. The fourth-order valence-electron chi connectivity index (χ4n) is 1.73. The van der Waals surface area contributed by atoms with Gasteiger partial charge in [-0.15, -0.1) is 0 Å². The number of carbonyl (C=O) groups excluding carboxylic acids is 1. The van der Waals surface area contributed by atoms with Crippen molar-refractivity contribution < 1.29 is 29.3 Å². The van der Waals surface area contributed by atoms with Crippen molar-refractivity contribution in [1.29, 1.82) is 0 Å². The quantitative estimate of drug-likeness (QED) is 0.473. The minimum Gasteiger partial charge on any atom is -0.481 e. The molecule has 0 aliphatic heterocycles. The van der Waals surface area contributed by atoms with Crippen LogP contribution in [0.5, 0.6) is 5.75 Å². The van der Waals surface area contributed by atoms with Crippen LogP contribution in [-0.2, 0) is 14.4 Å². The lowest BCUT2D eigenvalue weighted by atomic mass is 10.0. The molecule has 2 N–H and O–H groups in total. The molecular weight excluding hydrogens is 276 g/mol. The van der Waals surface area contributed by atoms with E-state index in [4.69, 9.17) is 14.9 Å². The van der Waals surface area contributed by atoms with Gasteiger partial charge in [0.05, 0.1) is 12.8 Å². The second-order valence-corrected chi connectivity index (χ2v) is 4.60. The van der Waals surface area contributed by atoms with Gasteiger partial charge in [-0.2, -0.15) is 0 Å². The van der Waals surface area contributed by atoms with E-state index in [1.807, 2.05) is 13.0 Å². The standard InChI is InChI=1S/C15H16O6/c1-9-4-3-5-11(6-9)21-14(18)7-10(2)12(15(19)20)8-13(16)17/h3-6H,7-8H2,1-2H3,(H,16,17)(H,19,20). The Labute approximate surface area is 121 Å². The van der Waals surface area contributed by atoms with Crippen LogP contribution in [0.25, 0.3) is 0 Å². The van der Waals surface area contributed by atoms with Crippen molar-refractivity contribution in [3.63, 3.8) is 0 Å². The summed E-state index contributed by atoms with van der Waals surface area (Å²) in [5.74, 6) is -2.89. The van der Waals surface area contributed by atoms with Gasteiger partial charge < -0.3 is 14.9 Å². The summed E-state index contributed by atoms with van der Waals surface area (Å²) in [6.45, 7) is 3.25. The summed E-state index contributed by atoms with van der Waals surface area (Å²) in [5, 5.41) is 17.6. The van der Waals surface area contributed by atoms with Crippen LogP contribution in [0.1, 0.15) is 25.3 Å². The van der Waals surface area contributed by atoms with E-state index < -0.39 is 24.3 Å². The Balaban J connectivity index is 2.80. The molecule has 0 aromatic heterocycles. The van der Waals surface area contributed by atoms with Crippen LogP contribution < -0.4 is 4.74 Å². The zero-order chi connectivity index (χ0) is 16.0. The minimum absolute atomic E-state index is 0.169. The topological polar surface area (TPSA) is 101 Å². The maximum Gasteiger partial charge on any atom is 0.332 e. The number of hydrogen-bond acceptors (Lipinski definition) is 4. The molecule has 0 atom stereocenters. The molecule has 0 aliphatic carbocycles. The van der Waals surface area contributed by atoms with E-state index in [-0.39, 0.29) is 17.6 Å². The van der Waals surface area contributed by atoms with E-state index in [2.05, 4.69) is 0 Å². The lowest BCUT2D eigenvalue weighted by molar-refractivity contribution is -0.140. The number of aliphatic carboxylic acids is 2. The number of carboxylic acid groups (broad SMARTS) is 2. The number of carboxylic acids is 2. The van der Waals surface area contributed by atoms with Crippen molar-refractivity contribution in [2.24, 2.45) is 0 Å². The van der Waals surface area contributed by atoms with Gasteiger partial charge in [0, 0.05) is 5.57 Å². The molecule has 0 saturated carbocycles. The van der Waals surface area contributed by atoms with E-state index in [9.17, 15) is 14.4 Å². The van der Waals surface area contributed by atoms with E-state index in [1.54, 1.807) is 18.2 Å². The van der Waals surface area contributed by atoms with Crippen LogP contribution in [0.15, 0.2) is 35.4 Å². The molecule has 0 bridgehead atoms. The molecule has 112 valence electrons. The second-order valence-electron chi connectivity index (χ2n) is 4.60. The molecule has 21 heavy (non-hydrogen) atoms. The van der Waals surface area contributed by atoms with Gasteiger partial charge in [-0.05, 0) is 31.5 Å². The van der Waals surface area contributed by atoms with Gasteiger partial charge in [0.1, 0.15) is 5.75 Å². The molecule has 1 aromatic rings. The normalized spacial score (nSPS) is 11.5. The summed E-state index contributed by atoms with van der Waals surface area (Å²) in [5.41, 5.74) is 0.788. The van der Waals surface area contributed by atoms with Crippen LogP contribution in [-0.4, -0.2) is 28.1 Å². The number of benzene rings is 1. The number of esters is 1. The highest BCUT2D eigenvalue weighted by Crippen LogP contribution is 2.17. The number of aryl methyl sites for hydroxylation is 1. The first-order valence-corrected chi connectivity index (χ1v) is 6.20. The Morgan fingerprint density at radius 2 is 1.81 bits per heavy atom. The average Bonchev–Trinajstić information content (AvgIpc) is 2.34. The van der Waals surface area contributed by atoms with Crippen LogP contribution in [0.3, 0.4) is 0 Å². The number of carbonyl (C=O) groups is 3. The first-order chi connectivity index (χ1) is 9.79. The zero-order valence-electron chi connectivity index (χ0n) is 11.8. The molecular formula is C15H16O6. The van der Waals surface area contributed by atoms with Crippen molar-refractivity contribution in [2.75, 3.05) is 0 Å². The SMILES string of the molecule is CC(CC(=O)Oc1cccc(C)c1)=C(CC(=O)O)C(=O)O. The first kappa shape index (κ1) is 16.4. The van der Waals surface area contributed by atoms with Crippen LogP contribution in [0.2, 0.25) is 0 Å². The lowest BCUT2D eigenvalue weighted by Gasteiger charge is -2.08. The third kappa shape index (κ3) is 5.48. The Morgan fingerprint density at radius 3 is 2.33 bits per heavy atom. The fraction of sp³-hybridized carbons (Fsp3) is 0.267. The molecule has 6 heteroatoms. The summed E-state index contributed by atoms with van der Waals surface area (Å²) < 4.78 is 5.09. The molecule has 1 aromatic carbocycles. The zero-order valence-corrected chi connectivity index (χ0v) is 11.8. The van der Waals surface area contributed by atoms with Crippen molar-refractivity contribution >= 4 is 17.9 Å². The number of rotatable bonds is 6. The number of hydrogen-bond donors (Lipinski definition) is 2. The highest BCUT2D eigenvalue weighted by Gasteiger charge is 2.18.